The molecule has 0 aliphatic rings. The highest BCUT2D eigenvalue weighted by Gasteiger charge is 2.17. The number of nitrogens with zero attached hydrogens (tertiary/aromatic N) is 2. The van der Waals surface area contributed by atoms with Gasteiger partial charge in [-0.2, -0.15) is 0 Å². The molecule has 2 aromatic heterocycles. The van der Waals surface area contributed by atoms with E-state index in [0.29, 0.717) is 22.8 Å². The first-order chi connectivity index (χ1) is 13.6. The summed E-state index contributed by atoms with van der Waals surface area (Å²) >= 11 is 1.38. The molecule has 0 saturated carbocycles. The molecule has 4 rings (SSSR count). The SMILES string of the molecule is COc1ccc2c(c1)sc1ncc(C(=O)NC[C@H](C)c3ccccc3)c(=O)n12. The molecule has 28 heavy (non-hydrogen) atoms. The Hall–Kier alpha value is -3.19. The zero-order valence-electron chi connectivity index (χ0n) is 15.5. The number of hydrogen-bond acceptors (Lipinski definition) is 5. The molecule has 0 unspecified atom stereocenters. The molecule has 6 nitrogen and oxygen atoms in total. The second-order valence-electron chi connectivity index (χ2n) is 6.55. The van der Waals surface area contributed by atoms with Gasteiger partial charge in [0.1, 0.15) is 11.3 Å². The molecule has 2 heterocycles. The van der Waals surface area contributed by atoms with E-state index in [9.17, 15) is 9.59 Å². The first kappa shape index (κ1) is 18.2. The topological polar surface area (TPSA) is 72.7 Å². The summed E-state index contributed by atoms with van der Waals surface area (Å²) in [6.45, 7) is 2.47. The maximum Gasteiger partial charge on any atom is 0.271 e. The molecule has 142 valence electrons. The number of nitrogens with one attached hydrogen (secondary N) is 1. The van der Waals surface area contributed by atoms with Gasteiger partial charge < -0.3 is 10.1 Å². The molecule has 0 radical (unpaired) electrons. The Kier molecular flexibility index (Phi) is 4.83. The van der Waals surface area contributed by atoms with Gasteiger partial charge in [0, 0.05) is 12.7 Å². The van der Waals surface area contributed by atoms with Crippen molar-refractivity contribution in [1.29, 1.82) is 0 Å². The third kappa shape index (κ3) is 3.25. The average Bonchev–Trinajstić information content (AvgIpc) is 3.11. The van der Waals surface area contributed by atoms with Gasteiger partial charge in [0.15, 0.2) is 4.96 Å². The number of benzene rings is 2. The normalized spacial score (nSPS) is 12.2. The number of carbonyl (C=O) groups excluding carboxylic acids is 1. The fraction of sp³-hybridized carbons (Fsp3) is 0.190. The predicted molar refractivity (Wildman–Crippen MR) is 111 cm³/mol. The predicted octanol–water partition coefficient (Wildman–Crippen LogP) is 3.45. The van der Waals surface area contributed by atoms with E-state index in [0.717, 1.165) is 10.3 Å². The number of methoxy groups -OCH3 is 1. The molecule has 0 aliphatic heterocycles. The summed E-state index contributed by atoms with van der Waals surface area (Å²) in [7, 11) is 1.60. The van der Waals surface area contributed by atoms with E-state index in [2.05, 4.69) is 10.3 Å². The first-order valence-electron chi connectivity index (χ1n) is 8.90. The lowest BCUT2D eigenvalue weighted by Crippen LogP contribution is -2.33. The van der Waals surface area contributed by atoms with Crippen molar-refractivity contribution in [1.82, 2.24) is 14.7 Å². The van der Waals surface area contributed by atoms with Crippen LogP contribution in [0.1, 0.15) is 28.8 Å². The number of rotatable bonds is 5. The highest BCUT2D eigenvalue weighted by Crippen LogP contribution is 2.27. The van der Waals surface area contributed by atoms with Gasteiger partial charge in [-0.05, 0) is 29.7 Å². The van der Waals surface area contributed by atoms with Crippen molar-refractivity contribution in [2.24, 2.45) is 0 Å². The number of aromatic nitrogens is 2. The number of thiazole rings is 1. The lowest BCUT2D eigenvalue weighted by atomic mass is 10.0. The van der Waals surface area contributed by atoms with Crippen molar-refractivity contribution in [3.05, 3.63) is 76.2 Å². The van der Waals surface area contributed by atoms with Gasteiger partial charge in [0.25, 0.3) is 11.5 Å². The molecule has 4 aromatic rings. The molecule has 0 fully saturated rings. The van der Waals surface area contributed by atoms with Crippen LogP contribution in [-0.2, 0) is 0 Å². The number of carbonyl (C=O) groups is 1. The van der Waals surface area contributed by atoms with Gasteiger partial charge >= 0.3 is 0 Å². The van der Waals surface area contributed by atoms with Crippen LogP contribution in [0.15, 0.2) is 59.5 Å². The number of amides is 1. The summed E-state index contributed by atoms with van der Waals surface area (Å²) in [5, 5.41) is 2.85. The van der Waals surface area contributed by atoms with E-state index < -0.39 is 5.91 Å². The molecule has 0 saturated heterocycles. The fourth-order valence-electron chi connectivity index (χ4n) is 3.11. The van der Waals surface area contributed by atoms with Gasteiger partial charge in [-0.15, -0.1) is 0 Å². The van der Waals surface area contributed by atoms with Gasteiger partial charge in [-0.3, -0.25) is 14.0 Å². The zero-order valence-corrected chi connectivity index (χ0v) is 16.3. The van der Waals surface area contributed by atoms with E-state index in [1.807, 2.05) is 43.3 Å². The van der Waals surface area contributed by atoms with E-state index in [1.165, 1.54) is 21.9 Å². The van der Waals surface area contributed by atoms with Crippen molar-refractivity contribution in [2.45, 2.75) is 12.8 Å². The maximum absolute atomic E-state index is 13.0. The third-order valence-electron chi connectivity index (χ3n) is 4.72. The summed E-state index contributed by atoms with van der Waals surface area (Å²) in [5.74, 6) is 0.432. The molecule has 0 spiro atoms. The van der Waals surface area contributed by atoms with E-state index in [-0.39, 0.29) is 17.0 Å². The van der Waals surface area contributed by atoms with E-state index in [4.69, 9.17) is 4.74 Å². The van der Waals surface area contributed by atoms with Crippen LogP contribution in [0.25, 0.3) is 15.2 Å². The van der Waals surface area contributed by atoms with Crippen molar-refractivity contribution in [3.63, 3.8) is 0 Å². The fourth-order valence-corrected chi connectivity index (χ4v) is 4.12. The minimum Gasteiger partial charge on any atom is -0.497 e. The smallest absolute Gasteiger partial charge is 0.271 e. The minimum atomic E-state index is -0.414. The highest BCUT2D eigenvalue weighted by atomic mass is 32.1. The Bertz CT molecular complexity index is 1210. The average molecular weight is 393 g/mol. The Morgan fingerprint density at radius 2 is 2.04 bits per heavy atom. The largest absolute Gasteiger partial charge is 0.497 e. The molecular formula is C21H19N3O3S. The van der Waals surface area contributed by atoms with Crippen LogP contribution in [0.3, 0.4) is 0 Å². The van der Waals surface area contributed by atoms with Gasteiger partial charge in [-0.1, -0.05) is 48.6 Å². The highest BCUT2D eigenvalue weighted by molar-refractivity contribution is 7.23. The Balaban J connectivity index is 1.63. The van der Waals surface area contributed by atoms with Gasteiger partial charge in [-0.25, -0.2) is 4.98 Å². The molecule has 1 N–H and O–H groups in total. The number of hydrogen-bond donors (Lipinski definition) is 1. The summed E-state index contributed by atoms with van der Waals surface area (Å²) in [5.41, 5.74) is 1.51. The third-order valence-corrected chi connectivity index (χ3v) is 5.74. The van der Waals surface area contributed by atoms with Crippen LogP contribution in [0, 0.1) is 0 Å². The van der Waals surface area contributed by atoms with Crippen molar-refractivity contribution < 1.29 is 9.53 Å². The van der Waals surface area contributed by atoms with Gasteiger partial charge in [0.2, 0.25) is 0 Å². The van der Waals surface area contributed by atoms with Crippen LogP contribution < -0.4 is 15.6 Å². The van der Waals surface area contributed by atoms with E-state index in [1.54, 1.807) is 19.2 Å². The second kappa shape index (κ2) is 7.44. The minimum absolute atomic E-state index is 0.0354. The monoisotopic (exact) mass is 393 g/mol. The van der Waals surface area contributed by atoms with Crippen molar-refractivity contribution in [3.8, 4) is 5.75 Å². The molecule has 2 aromatic carbocycles. The van der Waals surface area contributed by atoms with Crippen molar-refractivity contribution in [2.75, 3.05) is 13.7 Å². The lowest BCUT2D eigenvalue weighted by molar-refractivity contribution is 0.0949. The van der Waals surface area contributed by atoms with Crippen LogP contribution >= 0.6 is 11.3 Å². The van der Waals surface area contributed by atoms with E-state index >= 15 is 0 Å². The summed E-state index contributed by atoms with van der Waals surface area (Å²) < 4.78 is 7.59. The molecular weight excluding hydrogens is 374 g/mol. The lowest BCUT2D eigenvalue weighted by Gasteiger charge is -2.12. The maximum atomic E-state index is 13.0. The number of ether oxygens (including phenoxy) is 1. The Morgan fingerprint density at radius 1 is 1.25 bits per heavy atom. The summed E-state index contributed by atoms with van der Waals surface area (Å²) in [6, 6.07) is 15.4. The van der Waals surface area contributed by atoms with Crippen LogP contribution in [0.2, 0.25) is 0 Å². The molecule has 0 aliphatic carbocycles. The van der Waals surface area contributed by atoms with Gasteiger partial charge in [0.05, 0.1) is 17.3 Å². The summed E-state index contributed by atoms with van der Waals surface area (Å²) in [4.78, 5) is 30.4. The zero-order chi connectivity index (χ0) is 19.7. The number of fused-ring (bicyclic) bond motifs is 3. The summed E-state index contributed by atoms with van der Waals surface area (Å²) in [6.07, 6.45) is 1.35. The second-order valence-corrected chi connectivity index (χ2v) is 7.56. The standard InChI is InChI=1S/C21H19N3O3S/c1-13(14-6-4-3-5-7-14)11-22-19(25)16-12-23-21-24(20(16)26)17-9-8-15(27-2)10-18(17)28-21/h3-10,12-13H,11H2,1-2H3,(H,22,25)/t13-/m0/s1. The molecule has 7 heteroatoms. The molecule has 1 amide bonds. The van der Waals surface area contributed by atoms with Crippen LogP contribution in [0.5, 0.6) is 5.75 Å². The Morgan fingerprint density at radius 3 is 2.79 bits per heavy atom. The van der Waals surface area contributed by atoms with Crippen LogP contribution in [-0.4, -0.2) is 28.9 Å². The van der Waals surface area contributed by atoms with Crippen molar-refractivity contribution >= 4 is 32.4 Å². The quantitative estimate of drug-likeness (QED) is 0.564. The Labute approximate surface area is 165 Å². The molecule has 0 bridgehead atoms. The first-order valence-corrected chi connectivity index (χ1v) is 9.71. The van der Waals surface area contributed by atoms with Crippen LogP contribution in [0.4, 0.5) is 0 Å². The molecule has 1 atom stereocenters.